The van der Waals surface area contributed by atoms with Crippen molar-refractivity contribution in [1.82, 2.24) is 20.4 Å². The fraction of sp³-hybridized carbons (Fsp3) is 0.750. The van der Waals surface area contributed by atoms with Gasteiger partial charge in [0.25, 0.3) is 0 Å². The molecule has 0 bridgehead atoms. The van der Waals surface area contributed by atoms with E-state index in [1.165, 1.54) is 25.7 Å². The maximum atomic E-state index is 5.72. The van der Waals surface area contributed by atoms with Crippen molar-refractivity contribution in [2.24, 2.45) is 4.99 Å². The SMILES string of the molecule is CCC(C)N(C)CCNC(=NC)NCC(c1ccco1)N1CCCCC1.I. The van der Waals surface area contributed by atoms with E-state index in [1.807, 2.05) is 13.1 Å². The molecule has 27 heavy (non-hydrogen) atoms. The standard InChI is InChI=1S/C20H37N5O.HI/c1-5-17(2)24(4)14-11-22-20(21-3)23-16-18(19-10-9-15-26-19)25-12-7-6-8-13-25;/h9-10,15,17-18H,5-8,11-14,16H2,1-4H3,(H2,21,22,23);1H. The number of rotatable bonds is 9. The predicted octanol–water partition coefficient (Wildman–Crippen LogP) is 3.32. The number of nitrogens with one attached hydrogen (secondary N) is 2. The normalized spacial score (nSPS) is 18.0. The van der Waals surface area contributed by atoms with Gasteiger partial charge in [0.2, 0.25) is 0 Å². The first kappa shape index (κ1) is 24.2. The van der Waals surface area contributed by atoms with Crippen LogP contribution in [0, 0.1) is 0 Å². The highest BCUT2D eigenvalue weighted by molar-refractivity contribution is 14.0. The molecule has 0 radical (unpaired) electrons. The number of halogens is 1. The average Bonchev–Trinajstić information content (AvgIpc) is 3.21. The van der Waals surface area contributed by atoms with Crippen LogP contribution in [0.5, 0.6) is 0 Å². The molecule has 1 aromatic heterocycles. The molecule has 2 N–H and O–H groups in total. The number of aliphatic imine (C=N–C) groups is 1. The molecule has 2 atom stereocenters. The van der Waals surface area contributed by atoms with Gasteiger partial charge >= 0.3 is 0 Å². The molecule has 1 aliphatic rings. The third-order valence-electron chi connectivity index (χ3n) is 5.49. The maximum absolute atomic E-state index is 5.72. The van der Waals surface area contributed by atoms with Gasteiger partial charge < -0.3 is 20.0 Å². The predicted molar refractivity (Wildman–Crippen MR) is 124 cm³/mol. The van der Waals surface area contributed by atoms with Gasteiger partial charge in [0.1, 0.15) is 5.76 Å². The molecule has 156 valence electrons. The van der Waals surface area contributed by atoms with E-state index in [0.717, 1.165) is 44.4 Å². The van der Waals surface area contributed by atoms with Crippen LogP contribution in [0.3, 0.4) is 0 Å². The molecular weight excluding hydrogens is 453 g/mol. The van der Waals surface area contributed by atoms with Crippen LogP contribution in [0.4, 0.5) is 0 Å². The fourth-order valence-electron chi connectivity index (χ4n) is 3.42. The van der Waals surface area contributed by atoms with E-state index in [0.29, 0.717) is 6.04 Å². The minimum atomic E-state index is 0. The van der Waals surface area contributed by atoms with E-state index in [1.54, 1.807) is 6.26 Å². The second kappa shape index (κ2) is 13.4. The van der Waals surface area contributed by atoms with Crippen molar-refractivity contribution in [3.8, 4) is 0 Å². The van der Waals surface area contributed by atoms with Crippen molar-refractivity contribution < 1.29 is 4.42 Å². The molecule has 1 aliphatic heterocycles. The lowest BCUT2D eigenvalue weighted by Gasteiger charge is -2.33. The van der Waals surface area contributed by atoms with Crippen LogP contribution in [-0.4, -0.2) is 68.6 Å². The van der Waals surface area contributed by atoms with Crippen molar-refractivity contribution in [3.63, 3.8) is 0 Å². The number of nitrogens with zero attached hydrogens (tertiary/aromatic N) is 3. The number of likely N-dealkylation sites (N-methyl/N-ethyl adjacent to an activating group) is 1. The Morgan fingerprint density at radius 2 is 2.04 bits per heavy atom. The highest BCUT2D eigenvalue weighted by Crippen LogP contribution is 2.24. The summed E-state index contributed by atoms with van der Waals surface area (Å²) < 4.78 is 5.72. The summed E-state index contributed by atoms with van der Waals surface area (Å²) in [6.07, 6.45) is 6.81. The van der Waals surface area contributed by atoms with Crippen LogP contribution < -0.4 is 10.6 Å². The molecule has 2 rings (SSSR count). The van der Waals surface area contributed by atoms with Crippen molar-refractivity contribution in [2.75, 3.05) is 46.8 Å². The Morgan fingerprint density at radius 1 is 1.30 bits per heavy atom. The minimum Gasteiger partial charge on any atom is -0.468 e. The lowest BCUT2D eigenvalue weighted by atomic mass is 10.1. The van der Waals surface area contributed by atoms with Gasteiger partial charge in [-0.3, -0.25) is 9.89 Å². The molecular formula is C20H38IN5O. The lowest BCUT2D eigenvalue weighted by Crippen LogP contribution is -2.46. The number of hydrogen-bond donors (Lipinski definition) is 2. The Labute approximate surface area is 182 Å². The summed E-state index contributed by atoms with van der Waals surface area (Å²) in [5, 5.41) is 6.92. The number of hydrogen-bond acceptors (Lipinski definition) is 4. The highest BCUT2D eigenvalue weighted by atomic mass is 127. The van der Waals surface area contributed by atoms with E-state index < -0.39 is 0 Å². The van der Waals surface area contributed by atoms with Gasteiger partial charge in [-0.1, -0.05) is 13.3 Å². The van der Waals surface area contributed by atoms with Crippen molar-refractivity contribution in [1.29, 1.82) is 0 Å². The summed E-state index contributed by atoms with van der Waals surface area (Å²) in [6, 6.07) is 4.92. The molecule has 7 heteroatoms. The summed E-state index contributed by atoms with van der Waals surface area (Å²) in [6.45, 7) is 9.45. The molecule has 0 aromatic carbocycles. The van der Waals surface area contributed by atoms with Gasteiger partial charge in [-0.25, -0.2) is 0 Å². The Balaban J connectivity index is 0.00000364. The molecule has 0 saturated carbocycles. The first-order valence-electron chi connectivity index (χ1n) is 10.1. The molecule has 0 amide bonds. The zero-order valence-corrected chi connectivity index (χ0v) is 19.7. The molecule has 6 nitrogen and oxygen atoms in total. The Hall–Kier alpha value is -0.800. The van der Waals surface area contributed by atoms with Gasteiger partial charge in [-0.05, 0) is 58.5 Å². The zero-order chi connectivity index (χ0) is 18.8. The van der Waals surface area contributed by atoms with Gasteiger partial charge in [0.05, 0.1) is 12.3 Å². The van der Waals surface area contributed by atoms with Crippen LogP contribution in [0.25, 0.3) is 0 Å². The Bertz CT molecular complexity index is 516. The topological polar surface area (TPSA) is 56.0 Å². The Kier molecular flexibility index (Phi) is 12.0. The van der Waals surface area contributed by atoms with Gasteiger partial charge in [0.15, 0.2) is 5.96 Å². The van der Waals surface area contributed by atoms with Gasteiger partial charge in [-0.15, -0.1) is 24.0 Å². The quantitative estimate of drug-likeness (QED) is 0.316. The number of piperidine rings is 1. The van der Waals surface area contributed by atoms with Crippen LogP contribution in [0.1, 0.15) is 51.3 Å². The van der Waals surface area contributed by atoms with E-state index in [9.17, 15) is 0 Å². The van der Waals surface area contributed by atoms with Crippen molar-refractivity contribution in [3.05, 3.63) is 24.2 Å². The summed E-state index contributed by atoms with van der Waals surface area (Å²) in [5.74, 6) is 1.89. The third-order valence-corrected chi connectivity index (χ3v) is 5.49. The number of guanidine groups is 1. The molecule has 1 fully saturated rings. The average molecular weight is 491 g/mol. The fourth-order valence-corrected chi connectivity index (χ4v) is 3.42. The highest BCUT2D eigenvalue weighted by Gasteiger charge is 2.24. The summed E-state index contributed by atoms with van der Waals surface area (Å²) >= 11 is 0. The molecule has 2 unspecified atom stereocenters. The zero-order valence-electron chi connectivity index (χ0n) is 17.4. The molecule has 2 heterocycles. The van der Waals surface area contributed by atoms with Gasteiger partial charge in [-0.2, -0.15) is 0 Å². The van der Waals surface area contributed by atoms with E-state index >= 15 is 0 Å². The Morgan fingerprint density at radius 3 is 2.63 bits per heavy atom. The maximum Gasteiger partial charge on any atom is 0.191 e. The van der Waals surface area contributed by atoms with E-state index in [-0.39, 0.29) is 30.0 Å². The van der Waals surface area contributed by atoms with Crippen LogP contribution in [0.2, 0.25) is 0 Å². The third kappa shape index (κ3) is 7.99. The van der Waals surface area contributed by atoms with Crippen LogP contribution in [-0.2, 0) is 0 Å². The second-order valence-electron chi connectivity index (χ2n) is 7.25. The van der Waals surface area contributed by atoms with Crippen molar-refractivity contribution in [2.45, 2.75) is 51.6 Å². The monoisotopic (exact) mass is 491 g/mol. The summed E-state index contributed by atoms with van der Waals surface area (Å²) in [5.41, 5.74) is 0. The smallest absolute Gasteiger partial charge is 0.191 e. The number of likely N-dealkylation sites (tertiary alicyclic amines) is 1. The second-order valence-corrected chi connectivity index (χ2v) is 7.25. The largest absolute Gasteiger partial charge is 0.468 e. The lowest BCUT2D eigenvalue weighted by molar-refractivity contribution is 0.146. The van der Waals surface area contributed by atoms with E-state index in [2.05, 4.69) is 52.4 Å². The minimum absolute atomic E-state index is 0. The molecule has 0 aliphatic carbocycles. The first-order chi connectivity index (χ1) is 12.7. The van der Waals surface area contributed by atoms with Crippen molar-refractivity contribution >= 4 is 29.9 Å². The van der Waals surface area contributed by atoms with Crippen LogP contribution in [0.15, 0.2) is 27.8 Å². The summed E-state index contributed by atoms with van der Waals surface area (Å²) in [7, 11) is 4.01. The summed E-state index contributed by atoms with van der Waals surface area (Å²) in [4.78, 5) is 9.28. The van der Waals surface area contributed by atoms with Gasteiger partial charge in [0, 0.05) is 32.7 Å². The first-order valence-corrected chi connectivity index (χ1v) is 10.1. The van der Waals surface area contributed by atoms with Crippen LogP contribution >= 0.6 is 24.0 Å². The number of furan rings is 1. The molecule has 1 aromatic rings. The molecule has 0 spiro atoms. The van der Waals surface area contributed by atoms with E-state index in [4.69, 9.17) is 4.42 Å². The molecule has 1 saturated heterocycles.